The molecule has 7 nitrogen and oxygen atoms in total. The lowest BCUT2D eigenvalue weighted by atomic mass is 9.93. The molecule has 9 heteroatoms. The highest BCUT2D eigenvalue weighted by molar-refractivity contribution is 8.16. The fourth-order valence-electron chi connectivity index (χ4n) is 4.42. The molecule has 3 aliphatic heterocycles. The monoisotopic (exact) mass is 508 g/mol. The maximum Gasteiger partial charge on any atom is 0.255 e. The van der Waals surface area contributed by atoms with Crippen LogP contribution in [-0.2, 0) is 14.3 Å². The van der Waals surface area contributed by atoms with Crippen molar-refractivity contribution in [2.45, 2.75) is 19.4 Å². The van der Waals surface area contributed by atoms with Crippen molar-refractivity contribution in [3.63, 3.8) is 0 Å². The summed E-state index contributed by atoms with van der Waals surface area (Å²) in [5.41, 5.74) is 3.60. The predicted molar refractivity (Wildman–Crippen MR) is 139 cm³/mol. The summed E-state index contributed by atoms with van der Waals surface area (Å²) in [6.45, 7) is 4.13. The molecule has 1 saturated heterocycles. The zero-order valence-corrected chi connectivity index (χ0v) is 20.8. The highest BCUT2D eigenvalue weighted by Gasteiger charge is 2.40. The molecule has 0 spiro atoms. The smallest absolute Gasteiger partial charge is 0.255 e. The van der Waals surface area contributed by atoms with Gasteiger partial charge in [-0.15, -0.1) is 0 Å². The standard InChI is InChI=1S/C26H25ClN4O3S/c1-17-23(25(33)29-20-5-3-2-4-6-20)24(18-7-9-19(27)10-8-18)31-21(16-35-26(31)28-17)15-22(32)30-11-13-34-14-12-30/h2-10,16,24H,11-15H2,1H3,(H,29,33)/t24-/m1/s1. The summed E-state index contributed by atoms with van der Waals surface area (Å²) in [6.07, 6.45) is 0.225. The van der Waals surface area contributed by atoms with E-state index >= 15 is 0 Å². The molecule has 2 aromatic carbocycles. The molecule has 0 saturated carbocycles. The van der Waals surface area contributed by atoms with Gasteiger partial charge in [-0.3, -0.25) is 9.59 Å². The summed E-state index contributed by atoms with van der Waals surface area (Å²) in [5.74, 6) is -0.190. The van der Waals surface area contributed by atoms with Crippen molar-refractivity contribution in [2.75, 3.05) is 31.6 Å². The van der Waals surface area contributed by atoms with Gasteiger partial charge in [0.25, 0.3) is 5.91 Å². The number of morpholine rings is 1. The number of hydrogen-bond donors (Lipinski definition) is 1. The molecular formula is C26H25ClN4O3S. The van der Waals surface area contributed by atoms with E-state index in [2.05, 4.69) is 5.32 Å². The molecule has 1 N–H and O–H groups in total. The van der Waals surface area contributed by atoms with Crippen LogP contribution in [0.2, 0.25) is 5.02 Å². The first-order valence-electron chi connectivity index (χ1n) is 11.4. The molecule has 3 aliphatic rings. The number of amidine groups is 1. The summed E-state index contributed by atoms with van der Waals surface area (Å²) < 4.78 is 5.39. The van der Waals surface area contributed by atoms with Gasteiger partial charge in [-0.1, -0.05) is 53.7 Å². The van der Waals surface area contributed by atoms with Crippen LogP contribution in [0.4, 0.5) is 5.69 Å². The second kappa shape index (κ2) is 10.3. The van der Waals surface area contributed by atoms with Gasteiger partial charge in [0.2, 0.25) is 5.91 Å². The first kappa shape index (κ1) is 23.7. The van der Waals surface area contributed by atoms with Crippen molar-refractivity contribution < 1.29 is 14.3 Å². The molecule has 3 heterocycles. The number of carbonyl (C=O) groups is 2. The number of benzene rings is 2. The predicted octanol–water partition coefficient (Wildman–Crippen LogP) is 4.80. The van der Waals surface area contributed by atoms with E-state index in [0.717, 1.165) is 16.4 Å². The number of nitrogens with zero attached hydrogens (tertiary/aromatic N) is 3. The van der Waals surface area contributed by atoms with Gasteiger partial charge in [0.15, 0.2) is 5.17 Å². The molecule has 0 aromatic heterocycles. The molecule has 0 aliphatic carbocycles. The zero-order chi connectivity index (χ0) is 24.4. The second-order valence-corrected chi connectivity index (χ2v) is 9.71. The van der Waals surface area contributed by atoms with Gasteiger partial charge in [0.1, 0.15) is 0 Å². The van der Waals surface area contributed by atoms with Crippen molar-refractivity contribution in [3.05, 3.63) is 87.6 Å². The first-order valence-corrected chi connectivity index (χ1v) is 12.7. The lowest BCUT2D eigenvalue weighted by Crippen LogP contribution is -2.42. The Bertz CT molecular complexity index is 1220. The Morgan fingerprint density at radius 3 is 2.54 bits per heavy atom. The number of amides is 2. The van der Waals surface area contributed by atoms with Gasteiger partial charge in [0.05, 0.1) is 36.9 Å². The average molecular weight is 509 g/mol. The number of halogens is 1. The highest BCUT2D eigenvalue weighted by Crippen LogP contribution is 2.45. The number of ether oxygens (including phenoxy) is 1. The van der Waals surface area contributed by atoms with Crippen LogP contribution in [0.3, 0.4) is 0 Å². The summed E-state index contributed by atoms with van der Waals surface area (Å²) >= 11 is 7.65. The number of para-hydroxylation sites is 1. The van der Waals surface area contributed by atoms with Gasteiger partial charge in [-0.25, -0.2) is 4.99 Å². The fraction of sp³-hybridized carbons (Fsp3) is 0.269. The lowest BCUT2D eigenvalue weighted by Gasteiger charge is -2.37. The van der Waals surface area contributed by atoms with Crippen LogP contribution in [0.5, 0.6) is 0 Å². The van der Waals surface area contributed by atoms with Crippen molar-refractivity contribution in [3.8, 4) is 0 Å². The van der Waals surface area contributed by atoms with Crippen LogP contribution in [-0.4, -0.2) is 53.1 Å². The van der Waals surface area contributed by atoms with Gasteiger partial charge < -0.3 is 19.9 Å². The fourth-order valence-corrected chi connectivity index (χ4v) is 5.51. The molecule has 1 atom stereocenters. The van der Waals surface area contributed by atoms with E-state index in [1.54, 1.807) is 0 Å². The Kier molecular flexibility index (Phi) is 6.95. The molecule has 2 aromatic rings. The second-order valence-electron chi connectivity index (χ2n) is 8.43. The molecule has 2 amide bonds. The van der Waals surface area contributed by atoms with Crippen molar-refractivity contribution in [1.29, 1.82) is 0 Å². The maximum atomic E-state index is 13.6. The topological polar surface area (TPSA) is 74.2 Å². The first-order chi connectivity index (χ1) is 17.0. The Morgan fingerprint density at radius 1 is 1.11 bits per heavy atom. The minimum absolute atomic E-state index is 0.0396. The number of anilines is 1. The molecule has 0 radical (unpaired) electrons. The lowest BCUT2D eigenvalue weighted by molar-refractivity contribution is -0.134. The van der Waals surface area contributed by atoms with Gasteiger partial charge in [0, 0.05) is 29.5 Å². The third-order valence-electron chi connectivity index (χ3n) is 6.16. The van der Waals surface area contributed by atoms with Crippen LogP contribution in [0.15, 0.2) is 82.0 Å². The van der Waals surface area contributed by atoms with Crippen molar-refractivity contribution in [2.24, 2.45) is 4.99 Å². The Morgan fingerprint density at radius 2 is 1.83 bits per heavy atom. The number of aliphatic imine (C=N–C) groups is 1. The van der Waals surface area contributed by atoms with Crippen molar-refractivity contribution in [1.82, 2.24) is 9.80 Å². The molecule has 0 bridgehead atoms. The third-order valence-corrected chi connectivity index (χ3v) is 7.30. The van der Waals surface area contributed by atoms with E-state index in [1.807, 2.05) is 76.7 Å². The number of thioether (sulfide) groups is 1. The quantitative estimate of drug-likeness (QED) is 0.628. The summed E-state index contributed by atoms with van der Waals surface area (Å²) in [5, 5.41) is 6.34. The Balaban J connectivity index is 1.49. The molecular weight excluding hydrogens is 484 g/mol. The van der Waals surface area contributed by atoms with Gasteiger partial charge >= 0.3 is 0 Å². The Labute approximate surface area is 213 Å². The van der Waals surface area contributed by atoms with Crippen LogP contribution < -0.4 is 5.32 Å². The molecule has 1 fully saturated rings. The van der Waals surface area contributed by atoms with Gasteiger partial charge in [-0.2, -0.15) is 0 Å². The highest BCUT2D eigenvalue weighted by atomic mass is 35.5. The van der Waals surface area contributed by atoms with Crippen LogP contribution in [0.25, 0.3) is 0 Å². The molecule has 0 unspecified atom stereocenters. The van der Waals surface area contributed by atoms with Crippen LogP contribution >= 0.6 is 23.4 Å². The normalized spacial score (nSPS) is 19.8. The third kappa shape index (κ3) is 5.00. The maximum absolute atomic E-state index is 13.6. The van der Waals surface area contributed by atoms with Crippen LogP contribution in [0.1, 0.15) is 24.9 Å². The largest absolute Gasteiger partial charge is 0.378 e. The van der Waals surface area contributed by atoms with E-state index in [1.165, 1.54) is 11.8 Å². The minimum Gasteiger partial charge on any atom is -0.378 e. The average Bonchev–Trinajstić information content (AvgIpc) is 3.26. The number of fused-ring (bicyclic) bond motifs is 1. The number of carbonyl (C=O) groups excluding carboxylic acids is 2. The van der Waals surface area contributed by atoms with Gasteiger partial charge in [-0.05, 0) is 42.2 Å². The van der Waals surface area contributed by atoms with E-state index in [-0.39, 0.29) is 18.2 Å². The number of hydrogen-bond acceptors (Lipinski definition) is 6. The zero-order valence-electron chi connectivity index (χ0n) is 19.2. The number of nitrogens with one attached hydrogen (secondary N) is 1. The van der Waals surface area contributed by atoms with E-state index in [4.69, 9.17) is 21.3 Å². The Hall–Kier alpha value is -3.07. The summed E-state index contributed by atoms with van der Waals surface area (Å²) in [4.78, 5) is 35.3. The van der Waals surface area contributed by atoms with Crippen LogP contribution in [0, 0.1) is 0 Å². The summed E-state index contributed by atoms with van der Waals surface area (Å²) in [6, 6.07) is 16.4. The number of rotatable bonds is 5. The SMILES string of the molecule is CC1=C(C(=O)Nc2ccccc2)[C@@H](c2ccc(Cl)cc2)N2C(CC(=O)N3CCOCC3)=CSC2=N1. The molecule has 180 valence electrons. The van der Waals surface area contributed by atoms with Crippen molar-refractivity contribution >= 4 is 46.0 Å². The van der Waals surface area contributed by atoms with E-state index in [9.17, 15) is 9.59 Å². The summed E-state index contributed by atoms with van der Waals surface area (Å²) in [7, 11) is 0. The minimum atomic E-state index is -0.442. The van der Waals surface area contributed by atoms with E-state index in [0.29, 0.717) is 48.3 Å². The molecule has 5 rings (SSSR count). The number of allylic oxidation sites excluding steroid dienone is 1. The molecule has 35 heavy (non-hydrogen) atoms. The van der Waals surface area contributed by atoms with E-state index < -0.39 is 6.04 Å².